The molecule has 0 aliphatic carbocycles. The number of ketones is 1. The number of guanidine groups is 1. The number of carbonyl (C=O) groups is 4. The molecule has 41 heavy (non-hydrogen) atoms. The Kier molecular flexibility index (Phi) is 14.0. The molecule has 17 heteroatoms. The molecule has 0 aliphatic rings. The Morgan fingerprint density at radius 1 is 0.732 bits per heavy atom. The second-order valence-electron chi connectivity index (χ2n) is 7.97. The maximum Gasteiger partial charge on any atom is 0.490 e. The lowest BCUT2D eigenvalue weighted by molar-refractivity contribution is -0.193. The first-order valence-electron chi connectivity index (χ1n) is 11.1. The monoisotopic (exact) mass is 595 g/mol. The summed E-state index contributed by atoms with van der Waals surface area (Å²) < 4.78 is 63.5. The van der Waals surface area contributed by atoms with Gasteiger partial charge in [0.15, 0.2) is 17.3 Å². The number of halogens is 6. The molecule has 0 heterocycles. The highest BCUT2D eigenvalue weighted by Crippen LogP contribution is 2.30. The number of amides is 1. The minimum atomic E-state index is -5.08. The van der Waals surface area contributed by atoms with E-state index in [0.29, 0.717) is 6.42 Å². The molecule has 11 nitrogen and oxygen atoms in total. The number of Topliss-reactive ketones (excluding diaryl/α,β-unsaturated/α-hetero) is 1. The van der Waals surface area contributed by atoms with Crippen LogP contribution in [0.3, 0.4) is 0 Å². The average Bonchev–Trinajstić information content (AvgIpc) is 2.87. The van der Waals surface area contributed by atoms with Crippen molar-refractivity contribution in [3.05, 3.63) is 71.8 Å². The minimum Gasteiger partial charge on any atom is -0.475 e. The second-order valence-corrected chi connectivity index (χ2v) is 7.97. The van der Waals surface area contributed by atoms with Crippen molar-refractivity contribution in [2.75, 3.05) is 6.54 Å². The summed E-state index contributed by atoms with van der Waals surface area (Å²) in [6, 6.07) is 18.4. The molecule has 1 amide bonds. The predicted molar refractivity (Wildman–Crippen MR) is 133 cm³/mol. The van der Waals surface area contributed by atoms with E-state index < -0.39 is 47.4 Å². The zero-order chi connectivity index (χ0) is 32.0. The fourth-order valence-corrected chi connectivity index (χ4v) is 2.98. The van der Waals surface area contributed by atoms with Crippen LogP contribution in [0.2, 0.25) is 0 Å². The van der Waals surface area contributed by atoms with Gasteiger partial charge in [-0.3, -0.25) is 14.6 Å². The first-order valence-corrected chi connectivity index (χ1v) is 11.1. The van der Waals surface area contributed by atoms with Gasteiger partial charge in [-0.1, -0.05) is 60.7 Å². The normalized spacial score (nSPS) is 12.4. The fraction of sp³-hybridized carbons (Fsp3) is 0.292. The summed E-state index contributed by atoms with van der Waals surface area (Å²) in [5, 5.41) is 14.2. The smallest absolute Gasteiger partial charge is 0.475 e. The summed E-state index contributed by atoms with van der Waals surface area (Å²) in [6.07, 6.45) is -9.77. The summed E-state index contributed by atoms with van der Waals surface area (Å²) in [4.78, 5) is 47.2. The highest BCUT2D eigenvalue weighted by atomic mass is 19.4. The first kappa shape index (κ1) is 36.3. The topological polar surface area (TPSA) is 225 Å². The molecule has 2 aromatic carbocycles. The van der Waals surface area contributed by atoms with Crippen LogP contribution in [0.25, 0.3) is 0 Å². The van der Waals surface area contributed by atoms with Crippen molar-refractivity contribution in [1.29, 1.82) is 0 Å². The number of primary amides is 1. The lowest BCUT2D eigenvalue weighted by Gasteiger charge is -2.29. The van der Waals surface area contributed by atoms with Crippen LogP contribution in [0.1, 0.15) is 29.9 Å². The molecule has 0 saturated carbocycles. The Bertz CT molecular complexity index is 1130. The number of rotatable bonds is 9. The number of hydrogen-bond donors (Lipinski definition) is 6. The van der Waals surface area contributed by atoms with Crippen LogP contribution in [0.5, 0.6) is 0 Å². The molecule has 0 radical (unpaired) electrons. The van der Waals surface area contributed by atoms with Crippen LogP contribution < -0.4 is 22.9 Å². The first-order chi connectivity index (χ1) is 18.7. The van der Waals surface area contributed by atoms with Crippen molar-refractivity contribution < 1.29 is 55.7 Å². The Hall–Kier alpha value is -4.67. The Labute approximate surface area is 228 Å². The van der Waals surface area contributed by atoms with Gasteiger partial charge in [-0.05, 0) is 24.0 Å². The molecular weight excluding hydrogens is 568 g/mol. The van der Waals surface area contributed by atoms with E-state index >= 15 is 0 Å². The number of aliphatic carboxylic acids is 2. The summed E-state index contributed by atoms with van der Waals surface area (Å²) >= 11 is 0. The van der Waals surface area contributed by atoms with Gasteiger partial charge in [-0.15, -0.1) is 0 Å². The van der Waals surface area contributed by atoms with Crippen molar-refractivity contribution in [3.63, 3.8) is 0 Å². The maximum atomic E-state index is 13.4. The zero-order valence-electron chi connectivity index (χ0n) is 21.0. The number of carbonyl (C=O) groups excluding carboxylic acids is 2. The summed E-state index contributed by atoms with van der Waals surface area (Å²) in [7, 11) is 0. The molecule has 0 fully saturated rings. The fourth-order valence-electron chi connectivity index (χ4n) is 2.98. The van der Waals surface area contributed by atoms with Crippen LogP contribution in [-0.2, 0) is 19.2 Å². The van der Waals surface area contributed by atoms with E-state index in [2.05, 4.69) is 4.99 Å². The van der Waals surface area contributed by atoms with Gasteiger partial charge in [0.1, 0.15) is 0 Å². The Balaban J connectivity index is 0.000000941. The highest BCUT2D eigenvalue weighted by Gasteiger charge is 2.44. The zero-order valence-corrected chi connectivity index (χ0v) is 21.0. The third-order valence-corrected chi connectivity index (χ3v) is 4.92. The molecule has 2 aromatic rings. The molecular formula is C24H27F6N5O6. The lowest BCUT2D eigenvalue weighted by Crippen LogP contribution is -2.59. The van der Waals surface area contributed by atoms with Crippen LogP contribution in [-0.4, -0.2) is 64.2 Å². The highest BCUT2D eigenvalue weighted by molar-refractivity contribution is 6.13. The van der Waals surface area contributed by atoms with E-state index in [1.54, 1.807) is 0 Å². The van der Waals surface area contributed by atoms with Gasteiger partial charge in [-0.25, -0.2) is 9.59 Å². The van der Waals surface area contributed by atoms with Crippen LogP contribution in [0, 0.1) is 0 Å². The number of benzene rings is 2. The summed E-state index contributed by atoms with van der Waals surface area (Å²) in [5.41, 5.74) is 22.0. The van der Waals surface area contributed by atoms with E-state index in [1.165, 1.54) is 0 Å². The number of carboxylic acid groups (broad SMARTS) is 2. The van der Waals surface area contributed by atoms with Gasteiger partial charge < -0.3 is 33.1 Å². The van der Waals surface area contributed by atoms with Gasteiger partial charge in [-0.2, -0.15) is 26.3 Å². The van der Waals surface area contributed by atoms with Crippen molar-refractivity contribution >= 4 is 29.6 Å². The molecule has 0 aliphatic heterocycles. The average molecular weight is 595 g/mol. The van der Waals surface area contributed by atoms with Crippen molar-refractivity contribution in [2.24, 2.45) is 27.9 Å². The quantitative estimate of drug-likeness (QED) is 0.0817. The van der Waals surface area contributed by atoms with Crippen LogP contribution >= 0.6 is 0 Å². The van der Waals surface area contributed by atoms with E-state index in [4.69, 9.17) is 42.7 Å². The van der Waals surface area contributed by atoms with Gasteiger partial charge >= 0.3 is 24.3 Å². The lowest BCUT2D eigenvalue weighted by atomic mass is 9.76. The largest absolute Gasteiger partial charge is 0.490 e. The number of aliphatic imine (C=N–C) groups is 1. The van der Waals surface area contributed by atoms with E-state index in [-0.39, 0.29) is 18.9 Å². The van der Waals surface area contributed by atoms with Crippen molar-refractivity contribution in [1.82, 2.24) is 0 Å². The van der Waals surface area contributed by atoms with E-state index in [0.717, 1.165) is 11.1 Å². The van der Waals surface area contributed by atoms with Crippen molar-refractivity contribution in [3.8, 4) is 0 Å². The SMILES string of the molecule is NC(=O)[C@@](N)(CCCN=C(N)N)C(=O)C(c1ccccc1)c1ccccc1.O=C(O)C(F)(F)F.O=C(O)C(F)(F)F. The molecule has 1 atom stereocenters. The number of carboxylic acids is 2. The van der Waals surface area contributed by atoms with Gasteiger partial charge in [0.2, 0.25) is 5.91 Å². The third-order valence-electron chi connectivity index (χ3n) is 4.92. The molecule has 0 spiro atoms. The summed E-state index contributed by atoms with van der Waals surface area (Å²) in [5.74, 6) is -7.59. The predicted octanol–water partition coefficient (Wildman–Crippen LogP) is 1.89. The van der Waals surface area contributed by atoms with Crippen LogP contribution in [0.15, 0.2) is 65.7 Å². The Morgan fingerprint density at radius 3 is 1.34 bits per heavy atom. The molecule has 10 N–H and O–H groups in total. The molecule has 226 valence electrons. The second kappa shape index (κ2) is 15.8. The van der Waals surface area contributed by atoms with E-state index in [9.17, 15) is 35.9 Å². The maximum absolute atomic E-state index is 13.4. The molecule has 0 bridgehead atoms. The van der Waals surface area contributed by atoms with Crippen LogP contribution in [0.4, 0.5) is 26.3 Å². The van der Waals surface area contributed by atoms with Crippen molar-refractivity contribution in [2.45, 2.75) is 36.7 Å². The minimum absolute atomic E-state index is 0.0497. The number of nitrogens with zero attached hydrogens (tertiary/aromatic N) is 1. The van der Waals surface area contributed by atoms with E-state index in [1.807, 2.05) is 60.7 Å². The van der Waals surface area contributed by atoms with Gasteiger partial charge in [0.05, 0.1) is 5.92 Å². The number of nitrogens with two attached hydrogens (primary N) is 4. The molecule has 2 rings (SSSR count). The third kappa shape index (κ3) is 12.8. The molecule has 0 saturated heterocycles. The number of hydrogen-bond acceptors (Lipinski definition) is 6. The Morgan fingerprint density at radius 2 is 1.07 bits per heavy atom. The molecule has 0 unspecified atom stereocenters. The standard InChI is InChI=1S/C20H25N5O2.2C2HF3O2/c21-18(27)20(24,12-7-13-25-19(22)23)17(26)16(14-8-3-1-4-9-14)15-10-5-2-6-11-15;2*3-2(4,5)1(6)7/h1-6,8-11,16H,7,12-13,24H2,(H2,21,27)(H4,22,23,25);2*(H,6,7)/t20-;;/m1../s1. The number of alkyl halides is 6. The van der Waals surface area contributed by atoms with Gasteiger partial charge in [0, 0.05) is 6.54 Å². The summed E-state index contributed by atoms with van der Waals surface area (Å²) in [6.45, 7) is 0.253. The molecule has 0 aromatic heterocycles. The van der Waals surface area contributed by atoms with Gasteiger partial charge in [0.25, 0.3) is 0 Å².